The molecule has 0 bridgehead atoms. The number of nitriles is 1. The maximum atomic E-state index is 13.3. The van der Waals surface area contributed by atoms with E-state index < -0.39 is 12.1 Å². The number of rotatable bonds is 3. The molecule has 0 heterocycles. The fraction of sp³-hybridized carbons (Fsp3) is 0.125. The number of nitrogens with one attached hydrogen (secondary N) is 1. The minimum atomic E-state index is -5.08. The third-order valence-electron chi connectivity index (χ3n) is 2.74. The van der Waals surface area contributed by atoms with Crippen molar-refractivity contribution < 1.29 is 27.5 Å². The second-order valence-electron chi connectivity index (χ2n) is 4.67. The zero-order chi connectivity index (χ0) is 19.0. The van der Waals surface area contributed by atoms with Crippen molar-refractivity contribution in [3.8, 4) is 6.07 Å². The van der Waals surface area contributed by atoms with Crippen LogP contribution < -0.4 is 11.1 Å². The van der Waals surface area contributed by atoms with E-state index in [2.05, 4.69) is 5.32 Å². The highest BCUT2D eigenvalue weighted by atomic mass is 19.4. The molecule has 5 nitrogen and oxygen atoms in total. The van der Waals surface area contributed by atoms with Gasteiger partial charge in [-0.25, -0.2) is 9.18 Å². The highest BCUT2D eigenvalue weighted by Crippen LogP contribution is 2.19. The smallest absolute Gasteiger partial charge is 0.475 e. The molecule has 0 amide bonds. The molecule has 0 fully saturated rings. The minimum absolute atomic E-state index is 0.291. The summed E-state index contributed by atoms with van der Waals surface area (Å²) < 4.78 is 45.0. The van der Waals surface area contributed by atoms with E-state index in [1.807, 2.05) is 6.07 Å². The van der Waals surface area contributed by atoms with E-state index in [0.29, 0.717) is 17.8 Å². The van der Waals surface area contributed by atoms with Crippen LogP contribution in [0.3, 0.4) is 0 Å². The molecule has 2 aromatic carbocycles. The van der Waals surface area contributed by atoms with Gasteiger partial charge in [-0.05, 0) is 48.0 Å². The van der Waals surface area contributed by atoms with E-state index in [0.717, 1.165) is 11.3 Å². The summed E-state index contributed by atoms with van der Waals surface area (Å²) in [6.45, 7) is 0.291. The van der Waals surface area contributed by atoms with Crippen LogP contribution in [0.25, 0.3) is 0 Å². The molecule has 0 saturated heterocycles. The second kappa shape index (κ2) is 8.65. The van der Waals surface area contributed by atoms with Crippen molar-refractivity contribution in [3.05, 3.63) is 59.4 Å². The zero-order valence-electron chi connectivity index (χ0n) is 12.6. The number of alkyl halides is 3. The number of nitrogens with two attached hydrogens (primary N) is 1. The van der Waals surface area contributed by atoms with E-state index in [1.54, 1.807) is 30.3 Å². The predicted molar refractivity (Wildman–Crippen MR) is 82.4 cm³/mol. The molecule has 0 atom stereocenters. The largest absolute Gasteiger partial charge is 0.490 e. The lowest BCUT2D eigenvalue weighted by Gasteiger charge is -2.08. The third kappa shape index (κ3) is 6.88. The van der Waals surface area contributed by atoms with Crippen LogP contribution >= 0.6 is 0 Å². The van der Waals surface area contributed by atoms with Gasteiger partial charge in [-0.15, -0.1) is 0 Å². The number of carboxylic acids is 1. The van der Waals surface area contributed by atoms with Gasteiger partial charge in [0.05, 0.1) is 11.6 Å². The molecular weight excluding hydrogens is 342 g/mol. The summed E-state index contributed by atoms with van der Waals surface area (Å²) in [6, 6.07) is 13.6. The molecule has 9 heteroatoms. The van der Waals surface area contributed by atoms with Crippen LogP contribution in [-0.2, 0) is 11.3 Å². The van der Waals surface area contributed by atoms with Crippen molar-refractivity contribution in [2.24, 2.45) is 5.73 Å². The number of hydrogen-bond donors (Lipinski definition) is 3. The topological polar surface area (TPSA) is 99.1 Å². The van der Waals surface area contributed by atoms with Gasteiger partial charge in [-0.2, -0.15) is 18.4 Å². The van der Waals surface area contributed by atoms with E-state index in [1.165, 1.54) is 12.1 Å². The summed E-state index contributed by atoms with van der Waals surface area (Å²) in [7, 11) is 0. The predicted octanol–water partition coefficient (Wildman–Crippen LogP) is 3.53. The highest BCUT2D eigenvalue weighted by molar-refractivity contribution is 5.73. The normalized spacial score (nSPS) is 10.2. The van der Waals surface area contributed by atoms with Crippen molar-refractivity contribution in [1.29, 1.82) is 5.26 Å². The van der Waals surface area contributed by atoms with Crippen molar-refractivity contribution in [1.82, 2.24) is 0 Å². The molecule has 25 heavy (non-hydrogen) atoms. The fourth-order valence-corrected chi connectivity index (χ4v) is 1.64. The molecule has 0 aliphatic rings. The maximum absolute atomic E-state index is 13.3. The number of halogens is 4. The molecule has 0 radical (unpaired) electrons. The van der Waals surface area contributed by atoms with Crippen LogP contribution in [0.15, 0.2) is 42.5 Å². The monoisotopic (exact) mass is 355 g/mol. The summed E-state index contributed by atoms with van der Waals surface area (Å²) >= 11 is 0. The van der Waals surface area contributed by atoms with Crippen LogP contribution in [0.2, 0.25) is 0 Å². The third-order valence-corrected chi connectivity index (χ3v) is 2.74. The van der Waals surface area contributed by atoms with Gasteiger partial charge in [-0.1, -0.05) is 0 Å². The molecule has 0 aliphatic carbocycles. The minimum Gasteiger partial charge on any atom is -0.475 e. The van der Waals surface area contributed by atoms with Gasteiger partial charge in [0, 0.05) is 17.9 Å². The average molecular weight is 355 g/mol. The Kier molecular flexibility index (Phi) is 6.90. The van der Waals surface area contributed by atoms with Crippen molar-refractivity contribution in [2.45, 2.75) is 12.7 Å². The Morgan fingerprint density at radius 1 is 1.16 bits per heavy atom. The van der Waals surface area contributed by atoms with E-state index in [4.69, 9.17) is 20.9 Å². The van der Waals surface area contributed by atoms with Gasteiger partial charge in [0.2, 0.25) is 0 Å². The Hall–Kier alpha value is -3.12. The van der Waals surface area contributed by atoms with Gasteiger partial charge in [0.25, 0.3) is 0 Å². The molecule has 2 aromatic rings. The van der Waals surface area contributed by atoms with Gasteiger partial charge in [0.1, 0.15) is 5.82 Å². The van der Waals surface area contributed by atoms with Crippen LogP contribution in [0.5, 0.6) is 0 Å². The molecule has 0 aromatic heterocycles. The van der Waals surface area contributed by atoms with E-state index in [9.17, 15) is 17.6 Å². The van der Waals surface area contributed by atoms with Crippen LogP contribution in [0, 0.1) is 17.1 Å². The summed E-state index contributed by atoms with van der Waals surface area (Å²) in [5.41, 5.74) is 8.23. The molecule has 0 spiro atoms. The molecule has 132 valence electrons. The molecule has 4 N–H and O–H groups in total. The molecular formula is C16H13F4N3O2. The average Bonchev–Trinajstić information content (AvgIpc) is 2.54. The lowest BCUT2D eigenvalue weighted by atomic mass is 10.1. The number of benzene rings is 2. The van der Waals surface area contributed by atoms with E-state index in [-0.39, 0.29) is 5.82 Å². The first-order chi connectivity index (χ1) is 11.7. The van der Waals surface area contributed by atoms with Crippen LogP contribution in [-0.4, -0.2) is 17.3 Å². The van der Waals surface area contributed by atoms with Crippen LogP contribution in [0.1, 0.15) is 11.1 Å². The first-order valence-corrected chi connectivity index (χ1v) is 6.72. The number of hydrogen-bond acceptors (Lipinski definition) is 4. The first-order valence-electron chi connectivity index (χ1n) is 6.72. The number of carbonyl (C=O) groups is 1. The SMILES string of the molecule is N#Cc1ccc(Nc2cc(F)cc(CN)c2)cc1.O=C(O)C(F)(F)F. The van der Waals surface area contributed by atoms with Gasteiger partial charge >= 0.3 is 12.1 Å². The first kappa shape index (κ1) is 19.9. The summed E-state index contributed by atoms with van der Waals surface area (Å²) in [5, 5.41) is 18.9. The molecule has 0 aliphatic heterocycles. The Morgan fingerprint density at radius 3 is 2.16 bits per heavy atom. The van der Waals surface area contributed by atoms with Gasteiger partial charge in [0.15, 0.2) is 0 Å². The molecule has 0 saturated carbocycles. The highest BCUT2D eigenvalue weighted by Gasteiger charge is 2.38. The summed E-state index contributed by atoms with van der Waals surface area (Å²) in [4.78, 5) is 8.90. The van der Waals surface area contributed by atoms with Crippen LogP contribution in [0.4, 0.5) is 28.9 Å². The molecule has 2 rings (SSSR count). The molecule has 0 unspecified atom stereocenters. The quantitative estimate of drug-likeness (QED) is 0.732. The summed E-state index contributed by atoms with van der Waals surface area (Å²) in [6.07, 6.45) is -5.08. The van der Waals surface area contributed by atoms with Crippen molar-refractivity contribution in [2.75, 3.05) is 5.32 Å². The van der Waals surface area contributed by atoms with E-state index >= 15 is 0 Å². The Labute approximate surface area is 140 Å². The second-order valence-corrected chi connectivity index (χ2v) is 4.67. The fourth-order valence-electron chi connectivity index (χ4n) is 1.64. The van der Waals surface area contributed by atoms with Crippen molar-refractivity contribution >= 4 is 17.3 Å². The lowest BCUT2D eigenvalue weighted by molar-refractivity contribution is -0.192. The van der Waals surface area contributed by atoms with Crippen molar-refractivity contribution in [3.63, 3.8) is 0 Å². The van der Waals surface area contributed by atoms with Gasteiger partial charge in [-0.3, -0.25) is 0 Å². The zero-order valence-corrected chi connectivity index (χ0v) is 12.6. The number of anilines is 2. The standard InChI is InChI=1S/C14H12FN3.C2HF3O2/c15-12-5-11(9-17)6-14(7-12)18-13-3-1-10(8-16)2-4-13;3-2(4,5)1(6)7/h1-7,18H,9,17H2;(H,6,7). The Morgan fingerprint density at radius 2 is 1.72 bits per heavy atom. The number of carboxylic acid groups (broad SMARTS) is 1. The van der Waals surface area contributed by atoms with Gasteiger partial charge < -0.3 is 16.2 Å². The number of nitrogens with zero attached hydrogens (tertiary/aromatic N) is 1. The Bertz CT molecular complexity index is 768. The number of aliphatic carboxylic acids is 1. The Balaban J connectivity index is 0.000000381. The lowest BCUT2D eigenvalue weighted by Crippen LogP contribution is -2.21. The summed E-state index contributed by atoms with van der Waals surface area (Å²) in [5.74, 6) is -3.08. The maximum Gasteiger partial charge on any atom is 0.490 e.